The molecule has 0 aromatic heterocycles. The number of nitrogens with two attached hydrogens (primary N) is 1. The monoisotopic (exact) mass is 407 g/mol. The van der Waals surface area contributed by atoms with E-state index in [0.29, 0.717) is 23.9 Å². The number of nitrogen functional groups attached to an aromatic ring is 1. The molecule has 11 heteroatoms. The van der Waals surface area contributed by atoms with Crippen LogP contribution in [-0.4, -0.2) is 29.7 Å². The second kappa shape index (κ2) is 7.16. The number of rotatable bonds is 4. The van der Waals surface area contributed by atoms with E-state index in [1.807, 2.05) is 0 Å². The SMILES string of the molecule is CC(C)(C)OC(=O)CSc1cc(C(F)(C(F)(F)F)C(F)(F)F)ccc1N. The Kier molecular flexibility index (Phi) is 6.17. The highest BCUT2D eigenvalue weighted by Gasteiger charge is 2.73. The maximum atomic E-state index is 14.1. The van der Waals surface area contributed by atoms with Crippen LogP contribution in [0.25, 0.3) is 0 Å². The van der Waals surface area contributed by atoms with E-state index in [9.17, 15) is 35.5 Å². The molecular weight excluding hydrogens is 391 g/mol. The minimum absolute atomic E-state index is 0.200. The molecule has 0 bridgehead atoms. The first-order chi connectivity index (χ1) is 11.5. The van der Waals surface area contributed by atoms with E-state index in [2.05, 4.69) is 0 Å². The van der Waals surface area contributed by atoms with Gasteiger partial charge in [-0.2, -0.15) is 26.3 Å². The maximum Gasteiger partial charge on any atom is 0.435 e. The van der Waals surface area contributed by atoms with Crippen molar-refractivity contribution >= 4 is 23.4 Å². The number of hydrogen-bond acceptors (Lipinski definition) is 4. The fourth-order valence-corrected chi connectivity index (χ4v) is 2.65. The number of esters is 1. The van der Waals surface area contributed by atoms with Crippen LogP contribution in [0.1, 0.15) is 26.3 Å². The van der Waals surface area contributed by atoms with Crippen LogP contribution in [0.15, 0.2) is 23.1 Å². The molecule has 0 saturated heterocycles. The Morgan fingerprint density at radius 2 is 1.54 bits per heavy atom. The van der Waals surface area contributed by atoms with Gasteiger partial charge in [-0.3, -0.25) is 4.79 Å². The van der Waals surface area contributed by atoms with Crippen molar-refractivity contribution in [1.29, 1.82) is 0 Å². The van der Waals surface area contributed by atoms with Crippen molar-refractivity contribution in [1.82, 2.24) is 0 Å². The summed E-state index contributed by atoms with van der Waals surface area (Å²) in [6.45, 7) is 4.73. The zero-order valence-electron chi connectivity index (χ0n) is 13.9. The highest BCUT2D eigenvalue weighted by molar-refractivity contribution is 8.00. The van der Waals surface area contributed by atoms with E-state index >= 15 is 0 Å². The lowest BCUT2D eigenvalue weighted by molar-refractivity contribution is -0.348. The number of alkyl halides is 7. The normalized spacial score (nSPS) is 13.6. The highest BCUT2D eigenvalue weighted by atomic mass is 32.2. The molecule has 3 nitrogen and oxygen atoms in total. The van der Waals surface area contributed by atoms with Crippen LogP contribution in [0.2, 0.25) is 0 Å². The van der Waals surface area contributed by atoms with Crippen LogP contribution in [0.4, 0.5) is 36.4 Å². The topological polar surface area (TPSA) is 52.3 Å². The Hall–Kier alpha value is -1.65. The molecule has 0 fully saturated rings. The quantitative estimate of drug-likeness (QED) is 0.331. The first-order valence-corrected chi connectivity index (χ1v) is 8.04. The molecule has 0 radical (unpaired) electrons. The number of benzene rings is 1. The second-order valence-corrected chi connectivity index (χ2v) is 7.30. The fourth-order valence-electron chi connectivity index (χ4n) is 1.87. The summed E-state index contributed by atoms with van der Waals surface area (Å²) >= 11 is 0.546. The molecule has 0 aliphatic heterocycles. The standard InChI is InChI=1S/C15H16F7NO2S/c1-12(2,3)25-11(24)7-26-10-6-8(4-5-9(10)23)13(16,14(17,18)19)15(20,21)22/h4-6H,7,23H2,1-3H3. The van der Waals surface area contributed by atoms with Crippen LogP contribution in [0.5, 0.6) is 0 Å². The lowest BCUT2D eigenvalue weighted by atomic mass is 9.94. The summed E-state index contributed by atoms with van der Waals surface area (Å²) in [4.78, 5) is 11.3. The molecule has 0 unspecified atom stereocenters. The lowest BCUT2D eigenvalue weighted by Crippen LogP contribution is -2.50. The average Bonchev–Trinajstić information content (AvgIpc) is 2.41. The van der Waals surface area contributed by atoms with Gasteiger partial charge in [0.2, 0.25) is 0 Å². The molecule has 0 aliphatic carbocycles. The Balaban J connectivity index is 3.19. The summed E-state index contributed by atoms with van der Waals surface area (Å²) < 4.78 is 95.9. The van der Waals surface area contributed by atoms with Crippen LogP contribution in [0.3, 0.4) is 0 Å². The van der Waals surface area contributed by atoms with Gasteiger partial charge in [-0.1, -0.05) is 6.07 Å². The minimum atomic E-state index is -6.23. The van der Waals surface area contributed by atoms with Gasteiger partial charge in [0, 0.05) is 16.1 Å². The molecule has 0 spiro atoms. The van der Waals surface area contributed by atoms with Crippen LogP contribution < -0.4 is 5.73 Å². The van der Waals surface area contributed by atoms with Crippen molar-refractivity contribution in [3.05, 3.63) is 23.8 Å². The largest absolute Gasteiger partial charge is 0.459 e. The van der Waals surface area contributed by atoms with Gasteiger partial charge in [0.25, 0.3) is 0 Å². The smallest absolute Gasteiger partial charge is 0.435 e. The first kappa shape index (κ1) is 22.4. The number of anilines is 1. The molecule has 0 saturated carbocycles. The molecular formula is C15H16F7NO2S. The fraction of sp³-hybridized carbons (Fsp3) is 0.533. The summed E-state index contributed by atoms with van der Waals surface area (Å²) in [5.41, 5.74) is -2.75. The average molecular weight is 407 g/mol. The Bertz CT molecular complexity index is 651. The molecule has 1 rings (SSSR count). The Labute approximate surface area is 149 Å². The van der Waals surface area contributed by atoms with Crippen molar-refractivity contribution < 1.29 is 40.3 Å². The van der Waals surface area contributed by atoms with E-state index in [4.69, 9.17) is 10.5 Å². The number of carbonyl (C=O) groups is 1. The van der Waals surface area contributed by atoms with Crippen molar-refractivity contribution in [2.75, 3.05) is 11.5 Å². The third-order valence-corrected chi connectivity index (χ3v) is 4.00. The van der Waals surface area contributed by atoms with Gasteiger partial charge in [0.1, 0.15) is 5.60 Å². The molecule has 1 aromatic carbocycles. The first-order valence-electron chi connectivity index (χ1n) is 7.06. The molecule has 148 valence electrons. The van der Waals surface area contributed by atoms with Crippen LogP contribution >= 0.6 is 11.8 Å². The Morgan fingerprint density at radius 3 is 1.96 bits per heavy atom. The van der Waals surface area contributed by atoms with Crippen LogP contribution in [-0.2, 0) is 15.2 Å². The van der Waals surface area contributed by atoms with Crippen molar-refractivity contribution in [2.45, 2.75) is 49.3 Å². The summed E-state index contributed by atoms with van der Waals surface area (Å²) in [7, 11) is 0. The molecule has 26 heavy (non-hydrogen) atoms. The summed E-state index contributed by atoms with van der Waals surface area (Å²) in [5.74, 6) is -1.19. The number of hydrogen-bond donors (Lipinski definition) is 1. The molecule has 0 heterocycles. The zero-order chi connectivity index (χ0) is 20.6. The van der Waals surface area contributed by atoms with Crippen molar-refractivity contribution in [3.8, 4) is 0 Å². The van der Waals surface area contributed by atoms with E-state index in [0.717, 1.165) is 6.07 Å². The van der Waals surface area contributed by atoms with Gasteiger partial charge >= 0.3 is 24.0 Å². The number of carbonyl (C=O) groups excluding carboxylic acids is 1. The summed E-state index contributed by atoms with van der Waals surface area (Å²) in [6.07, 6.45) is -12.5. The molecule has 1 aromatic rings. The predicted molar refractivity (Wildman–Crippen MR) is 82.3 cm³/mol. The van der Waals surface area contributed by atoms with Gasteiger partial charge in [0.15, 0.2) is 0 Å². The molecule has 2 N–H and O–H groups in total. The minimum Gasteiger partial charge on any atom is -0.459 e. The summed E-state index contributed by atoms with van der Waals surface area (Å²) in [5, 5.41) is 0. The predicted octanol–water partition coefficient (Wildman–Crippen LogP) is 4.99. The number of halogens is 7. The van der Waals surface area contributed by atoms with Crippen molar-refractivity contribution in [2.24, 2.45) is 0 Å². The van der Waals surface area contributed by atoms with Gasteiger partial charge < -0.3 is 10.5 Å². The van der Waals surface area contributed by atoms with Gasteiger partial charge in [0.05, 0.1) is 5.75 Å². The zero-order valence-corrected chi connectivity index (χ0v) is 14.7. The van der Waals surface area contributed by atoms with Crippen LogP contribution in [0, 0.1) is 0 Å². The van der Waals surface area contributed by atoms with Gasteiger partial charge in [-0.25, -0.2) is 4.39 Å². The molecule has 0 aliphatic rings. The lowest BCUT2D eigenvalue weighted by Gasteiger charge is -2.30. The third-order valence-electron chi connectivity index (χ3n) is 2.96. The molecule has 0 atom stereocenters. The van der Waals surface area contributed by atoms with Gasteiger partial charge in [-0.15, -0.1) is 11.8 Å². The van der Waals surface area contributed by atoms with E-state index < -0.39 is 40.9 Å². The van der Waals surface area contributed by atoms with Gasteiger partial charge in [-0.05, 0) is 32.9 Å². The van der Waals surface area contributed by atoms with E-state index in [1.54, 1.807) is 20.8 Å². The van der Waals surface area contributed by atoms with E-state index in [1.165, 1.54) is 0 Å². The van der Waals surface area contributed by atoms with Crippen molar-refractivity contribution in [3.63, 3.8) is 0 Å². The van der Waals surface area contributed by atoms with E-state index in [-0.39, 0.29) is 10.6 Å². The molecule has 0 amide bonds. The third kappa shape index (κ3) is 4.95. The maximum absolute atomic E-state index is 14.1. The summed E-state index contributed by atoms with van der Waals surface area (Å²) in [6, 6.07) is 1.37. The Morgan fingerprint density at radius 1 is 1.04 bits per heavy atom. The number of thioether (sulfide) groups is 1. The number of ether oxygens (including phenoxy) is 1. The highest BCUT2D eigenvalue weighted by Crippen LogP contribution is 2.53. The second-order valence-electron chi connectivity index (χ2n) is 6.28.